The molecule has 0 N–H and O–H groups in total. The summed E-state index contributed by atoms with van der Waals surface area (Å²) in [7, 11) is 0. The van der Waals surface area contributed by atoms with Crippen molar-refractivity contribution >= 4 is 5.57 Å². The van der Waals surface area contributed by atoms with E-state index in [0.717, 1.165) is 16.7 Å². The zero-order valence-electron chi connectivity index (χ0n) is 24.4. The van der Waals surface area contributed by atoms with Crippen LogP contribution in [0.5, 0.6) is 0 Å². The first-order valence-corrected chi connectivity index (χ1v) is 15.0. The summed E-state index contributed by atoms with van der Waals surface area (Å²) in [5.74, 6) is 1.89. The first-order valence-electron chi connectivity index (χ1n) is 15.0. The predicted octanol–water partition coefficient (Wildman–Crippen LogP) is 9.69. The van der Waals surface area contributed by atoms with Crippen molar-refractivity contribution in [2.24, 2.45) is 0 Å². The number of allylic oxidation sites excluding steroid dienone is 5. The van der Waals surface area contributed by atoms with Crippen molar-refractivity contribution in [1.82, 2.24) is 15.0 Å². The molecule has 0 saturated carbocycles. The highest BCUT2D eigenvalue weighted by molar-refractivity contribution is 5.95. The fourth-order valence-electron chi connectivity index (χ4n) is 7.10. The molecule has 5 aromatic carbocycles. The Bertz CT molecular complexity index is 2090. The van der Waals surface area contributed by atoms with Crippen molar-refractivity contribution in [3.8, 4) is 45.0 Å². The van der Waals surface area contributed by atoms with E-state index in [1.165, 1.54) is 44.5 Å². The quantitative estimate of drug-likeness (QED) is 0.196. The number of benzene rings is 5. The molecule has 1 spiro atoms. The molecule has 8 rings (SSSR count). The number of hydrogen-bond acceptors (Lipinski definition) is 3. The molecule has 44 heavy (non-hydrogen) atoms. The van der Waals surface area contributed by atoms with Crippen LogP contribution in [0.3, 0.4) is 0 Å². The van der Waals surface area contributed by atoms with Crippen LogP contribution in [-0.2, 0) is 5.41 Å². The topological polar surface area (TPSA) is 38.7 Å². The molecule has 0 unspecified atom stereocenters. The molecule has 6 aromatic rings. The number of fused-ring (bicyclic) bond motifs is 10. The van der Waals surface area contributed by atoms with Crippen LogP contribution in [0, 0.1) is 0 Å². The Kier molecular flexibility index (Phi) is 6.06. The Morgan fingerprint density at radius 3 is 1.66 bits per heavy atom. The Labute approximate surface area is 257 Å². The first-order chi connectivity index (χ1) is 21.7. The summed E-state index contributed by atoms with van der Waals surface area (Å²) in [6, 6.07) is 43.4. The maximum absolute atomic E-state index is 5.06. The monoisotopic (exact) mass is 563 g/mol. The molecule has 3 nitrogen and oxygen atoms in total. The van der Waals surface area contributed by atoms with Gasteiger partial charge in [-0.1, -0.05) is 146 Å². The van der Waals surface area contributed by atoms with E-state index in [9.17, 15) is 0 Å². The predicted molar refractivity (Wildman–Crippen MR) is 180 cm³/mol. The maximum atomic E-state index is 5.06. The normalized spacial score (nSPS) is 13.9. The molecule has 2 aliphatic carbocycles. The Morgan fingerprint density at radius 2 is 1.09 bits per heavy atom. The smallest absolute Gasteiger partial charge is 0.164 e. The van der Waals surface area contributed by atoms with Gasteiger partial charge in [0.15, 0.2) is 17.5 Å². The van der Waals surface area contributed by atoms with Crippen LogP contribution in [0.15, 0.2) is 152 Å². The number of aromatic nitrogens is 3. The van der Waals surface area contributed by atoms with Gasteiger partial charge in [0.2, 0.25) is 0 Å². The van der Waals surface area contributed by atoms with Crippen molar-refractivity contribution in [1.29, 1.82) is 0 Å². The van der Waals surface area contributed by atoms with E-state index in [1.54, 1.807) is 6.08 Å². The lowest BCUT2D eigenvalue weighted by Crippen LogP contribution is -2.25. The van der Waals surface area contributed by atoms with E-state index in [-0.39, 0.29) is 0 Å². The molecule has 1 aromatic heterocycles. The van der Waals surface area contributed by atoms with E-state index in [1.807, 2.05) is 55.5 Å². The summed E-state index contributed by atoms with van der Waals surface area (Å²) in [6.45, 7) is 5.92. The van der Waals surface area contributed by atoms with Gasteiger partial charge >= 0.3 is 0 Å². The van der Waals surface area contributed by atoms with Crippen LogP contribution in [0.4, 0.5) is 0 Å². The van der Waals surface area contributed by atoms with Crippen LogP contribution >= 0.6 is 0 Å². The minimum absolute atomic E-state index is 0.425. The van der Waals surface area contributed by atoms with Crippen LogP contribution in [-0.4, -0.2) is 15.0 Å². The van der Waals surface area contributed by atoms with Crippen LogP contribution < -0.4 is 0 Å². The average molecular weight is 564 g/mol. The van der Waals surface area contributed by atoms with Crippen LogP contribution in [0.1, 0.15) is 35.0 Å². The summed E-state index contributed by atoms with van der Waals surface area (Å²) in [6.07, 6.45) is 7.71. The second-order valence-corrected chi connectivity index (χ2v) is 11.2. The SMILES string of the molecule is C=C/C=C(\C=C/C)c1nc(-c2ccccc2)nc(-c2ccc3c(c2)C2(c4ccccc4-c4ccccc42)c2ccccc2-3)n1. The standard InChI is InChI=1S/C41H29N3/c1-3-14-27(15-4-2)38-42-39(28-16-6-5-7-17-28)44-40(43-38)29-24-25-33-32-20-10-13-23-36(32)41(37(33)26-29)34-21-11-8-18-30(34)31-19-9-12-22-35(31)41/h3-26H,1H2,2H3/b15-4-,27-14+. The minimum atomic E-state index is -0.425. The Hall–Kier alpha value is -5.67. The molecule has 0 aliphatic heterocycles. The van der Waals surface area contributed by atoms with Crippen molar-refractivity contribution in [3.63, 3.8) is 0 Å². The molecule has 0 amide bonds. The van der Waals surface area contributed by atoms with E-state index in [2.05, 4.69) is 97.6 Å². The van der Waals surface area contributed by atoms with E-state index in [4.69, 9.17) is 15.0 Å². The van der Waals surface area contributed by atoms with Gasteiger partial charge in [0, 0.05) is 16.7 Å². The van der Waals surface area contributed by atoms with Crippen molar-refractivity contribution in [2.45, 2.75) is 12.3 Å². The van der Waals surface area contributed by atoms with Gasteiger partial charge in [-0.25, -0.2) is 15.0 Å². The van der Waals surface area contributed by atoms with Gasteiger partial charge in [-0.3, -0.25) is 0 Å². The molecular formula is C41H29N3. The first kappa shape index (κ1) is 26.0. The third kappa shape index (κ3) is 3.73. The maximum Gasteiger partial charge on any atom is 0.164 e. The summed E-state index contributed by atoms with van der Waals surface area (Å²) < 4.78 is 0. The van der Waals surface area contributed by atoms with Gasteiger partial charge < -0.3 is 0 Å². The summed E-state index contributed by atoms with van der Waals surface area (Å²) in [4.78, 5) is 15.0. The number of nitrogens with zero attached hydrogens (tertiary/aromatic N) is 3. The third-order valence-corrected chi connectivity index (χ3v) is 8.82. The van der Waals surface area contributed by atoms with E-state index >= 15 is 0 Å². The van der Waals surface area contributed by atoms with Gasteiger partial charge in [-0.15, -0.1) is 0 Å². The largest absolute Gasteiger partial charge is 0.208 e. The number of rotatable bonds is 5. The zero-order chi connectivity index (χ0) is 29.7. The van der Waals surface area contributed by atoms with Gasteiger partial charge in [-0.2, -0.15) is 0 Å². The highest BCUT2D eigenvalue weighted by Crippen LogP contribution is 2.62. The molecule has 0 saturated heterocycles. The van der Waals surface area contributed by atoms with Crippen molar-refractivity contribution < 1.29 is 0 Å². The van der Waals surface area contributed by atoms with Crippen molar-refractivity contribution in [3.05, 3.63) is 180 Å². The summed E-state index contributed by atoms with van der Waals surface area (Å²) in [5.41, 5.74) is 12.6. The van der Waals surface area contributed by atoms with Gasteiger partial charge in [0.1, 0.15) is 0 Å². The lowest BCUT2D eigenvalue weighted by Gasteiger charge is -2.30. The summed E-state index contributed by atoms with van der Waals surface area (Å²) in [5, 5.41) is 0. The fraction of sp³-hybridized carbons (Fsp3) is 0.0488. The summed E-state index contributed by atoms with van der Waals surface area (Å²) >= 11 is 0. The number of hydrogen-bond donors (Lipinski definition) is 0. The highest BCUT2D eigenvalue weighted by Gasteiger charge is 2.51. The molecule has 2 aliphatic rings. The van der Waals surface area contributed by atoms with Crippen LogP contribution in [0.2, 0.25) is 0 Å². The molecule has 1 heterocycles. The van der Waals surface area contributed by atoms with E-state index < -0.39 is 5.41 Å². The van der Waals surface area contributed by atoms with Gasteiger partial charge in [0.25, 0.3) is 0 Å². The fourth-order valence-corrected chi connectivity index (χ4v) is 7.10. The van der Waals surface area contributed by atoms with Gasteiger partial charge in [0.05, 0.1) is 5.41 Å². The Balaban J connectivity index is 1.41. The molecule has 0 radical (unpaired) electrons. The molecule has 0 bridgehead atoms. The molecule has 0 atom stereocenters. The Morgan fingerprint density at radius 1 is 0.568 bits per heavy atom. The lowest BCUT2D eigenvalue weighted by atomic mass is 9.70. The second-order valence-electron chi connectivity index (χ2n) is 11.2. The molecule has 0 fully saturated rings. The second kappa shape index (κ2) is 10.3. The molecule has 3 heteroatoms. The third-order valence-electron chi connectivity index (χ3n) is 8.82. The highest BCUT2D eigenvalue weighted by atomic mass is 15.0. The molecule has 208 valence electrons. The average Bonchev–Trinajstić information content (AvgIpc) is 3.55. The molecular weight excluding hydrogens is 534 g/mol. The van der Waals surface area contributed by atoms with Crippen molar-refractivity contribution in [2.75, 3.05) is 0 Å². The van der Waals surface area contributed by atoms with Gasteiger partial charge in [-0.05, 0) is 57.5 Å². The lowest BCUT2D eigenvalue weighted by molar-refractivity contribution is 0.794. The van der Waals surface area contributed by atoms with E-state index in [0.29, 0.717) is 17.5 Å². The minimum Gasteiger partial charge on any atom is -0.208 e. The van der Waals surface area contributed by atoms with Crippen LogP contribution in [0.25, 0.3) is 50.6 Å². The zero-order valence-corrected chi connectivity index (χ0v) is 24.4.